The van der Waals surface area contributed by atoms with Crippen LogP contribution in [0.5, 0.6) is 0 Å². The molecule has 0 radical (unpaired) electrons. The average Bonchev–Trinajstić information content (AvgIpc) is 2.46. The van der Waals surface area contributed by atoms with Gasteiger partial charge < -0.3 is 10.2 Å². The van der Waals surface area contributed by atoms with Crippen LogP contribution in [0, 0.1) is 5.82 Å². The van der Waals surface area contributed by atoms with Crippen LogP contribution in [0.4, 0.5) is 17.6 Å². The van der Waals surface area contributed by atoms with Crippen molar-refractivity contribution < 1.29 is 32.6 Å². The third-order valence-corrected chi connectivity index (χ3v) is 3.06. The molecule has 2 aromatic carbocycles. The number of aliphatic hydroxyl groups excluding tert-OH is 1. The number of hydrogen-bond donors (Lipinski definition) is 2. The molecule has 2 aromatic rings. The summed E-state index contributed by atoms with van der Waals surface area (Å²) in [5.74, 6) is -2.24. The maximum absolute atomic E-state index is 13.8. The summed E-state index contributed by atoms with van der Waals surface area (Å²) in [6, 6.07) is 6.91. The summed E-state index contributed by atoms with van der Waals surface area (Å²) in [7, 11) is 0. The summed E-state index contributed by atoms with van der Waals surface area (Å²) in [5, 5.41) is 18.2. The summed E-state index contributed by atoms with van der Waals surface area (Å²) in [4.78, 5) is 10.7. The van der Waals surface area contributed by atoms with Gasteiger partial charge in [-0.2, -0.15) is 13.2 Å². The predicted molar refractivity (Wildman–Crippen MR) is 69.4 cm³/mol. The molecule has 0 saturated heterocycles. The molecular weight excluding hydrogens is 304 g/mol. The Hall–Kier alpha value is -2.41. The van der Waals surface area contributed by atoms with Gasteiger partial charge in [0.15, 0.2) is 6.10 Å². The van der Waals surface area contributed by atoms with Crippen LogP contribution in [0.25, 0.3) is 11.1 Å². The quantitative estimate of drug-likeness (QED) is 0.851. The smallest absolute Gasteiger partial charge is 0.416 e. The van der Waals surface area contributed by atoms with Gasteiger partial charge in [0.25, 0.3) is 0 Å². The lowest BCUT2D eigenvalue weighted by atomic mass is 9.99. The van der Waals surface area contributed by atoms with Gasteiger partial charge in [0.2, 0.25) is 0 Å². The maximum atomic E-state index is 13.8. The highest BCUT2D eigenvalue weighted by Crippen LogP contribution is 2.32. The van der Waals surface area contributed by atoms with Gasteiger partial charge in [-0.3, -0.25) is 0 Å². The number of aliphatic carboxylic acids is 1. The standard InChI is InChI=1S/C15H10F4O3/c16-12-6-3-9(13(20)14(21)22)7-11(12)8-1-4-10(5-2-8)15(17,18)19/h1-7,13,20H,(H,21,22). The van der Waals surface area contributed by atoms with Crippen LogP contribution >= 0.6 is 0 Å². The minimum Gasteiger partial charge on any atom is -0.479 e. The average molecular weight is 314 g/mol. The van der Waals surface area contributed by atoms with Crippen molar-refractivity contribution >= 4 is 5.97 Å². The van der Waals surface area contributed by atoms with Crippen molar-refractivity contribution in [2.75, 3.05) is 0 Å². The molecule has 2 N–H and O–H groups in total. The molecule has 7 heteroatoms. The van der Waals surface area contributed by atoms with E-state index in [0.717, 1.165) is 42.5 Å². The number of carboxylic acids is 1. The van der Waals surface area contributed by atoms with Gasteiger partial charge in [0, 0.05) is 5.56 Å². The summed E-state index contributed by atoms with van der Waals surface area (Å²) < 4.78 is 51.3. The lowest BCUT2D eigenvalue weighted by Gasteiger charge is -2.11. The Kier molecular flexibility index (Phi) is 4.18. The van der Waals surface area contributed by atoms with Crippen molar-refractivity contribution in [2.24, 2.45) is 0 Å². The Morgan fingerprint density at radius 2 is 1.64 bits per heavy atom. The summed E-state index contributed by atoms with van der Waals surface area (Å²) in [6.45, 7) is 0. The SMILES string of the molecule is O=C(O)C(O)c1ccc(F)c(-c2ccc(C(F)(F)F)cc2)c1. The zero-order valence-electron chi connectivity index (χ0n) is 10.9. The van der Waals surface area contributed by atoms with Crippen molar-refractivity contribution in [3.8, 4) is 11.1 Å². The number of benzene rings is 2. The number of halogens is 4. The summed E-state index contributed by atoms with van der Waals surface area (Å²) in [5.41, 5.74) is -0.890. The summed E-state index contributed by atoms with van der Waals surface area (Å²) in [6.07, 6.45) is -6.34. The highest BCUT2D eigenvalue weighted by Gasteiger charge is 2.30. The molecule has 0 spiro atoms. The van der Waals surface area contributed by atoms with Gasteiger partial charge in [-0.1, -0.05) is 18.2 Å². The van der Waals surface area contributed by atoms with Gasteiger partial charge in [-0.15, -0.1) is 0 Å². The van der Waals surface area contributed by atoms with E-state index in [2.05, 4.69) is 0 Å². The van der Waals surface area contributed by atoms with Crippen molar-refractivity contribution in [1.82, 2.24) is 0 Å². The first-order valence-electron chi connectivity index (χ1n) is 6.08. The van der Waals surface area contributed by atoms with Gasteiger partial charge in [-0.05, 0) is 35.4 Å². The first kappa shape index (κ1) is 16.0. The van der Waals surface area contributed by atoms with E-state index in [0.29, 0.717) is 0 Å². The van der Waals surface area contributed by atoms with E-state index < -0.39 is 29.6 Å². The largest absolute Gasteiger partial charge is 0.479 e. The number of hydrogen-bond acceptors (Lipinski definition) is 2. The molecule has 0 amide bonds. The molecule has 0 bridgehead atoms. The van der Waals surface area contributed by atoms with Crippen molar-refractivity contribution in [3.63, 3.8) is 0 Å². The molecule has 3 nitrogen and oxygen atoms in total. The Morgan fingerprint density at radius 1 is 1.05 bits per heavy atom. The first-order valence-corrected chi connectivity index (χ1v) is 6.08. The molecule has 0 aromatic heterocycles. The van der Waals surface area contributed by atoms with E-state index >= 15 is 0 Å². The van der Waals surface area contributed by atoms with E-state index in [4.69, 9.17) is 5.11 Å². The molecule has 0 fully saturated rings. The fraction of sp³-hybridized carbons (Fsp3) is 0.133. The number of carbonyl (C=O) groups is 1. The zero-order chi connectivity index (χ0) is 16.5. The van der Waals surface area contributed by atoms with E-state index in [9.17, 15) is 27.5 Å². The third kappa shape index (κ3) is 3.25. The van der Waals surface area contributed by atoms with Gasteiger partial charge in [0.05, 0.1) is 5.56 Å². The Morgan fingerprint density at radius 3 is 2.14 bits per heavy atom. The van der Waals surface area contributed by atoms with E-state index in [-0.39, 0.29) is 16.7 Å². The minimum atomic E-state index is -4.50. The minimum absolute atomic E-state index is 0.0659. The normalized spacial score (nSPS) is 13.0. The van der Waals surface area contributed by atoms with E-state index in [1.165, 1.54) is 0 Å². The Bertz CT molecular complexity index is 693. The van der Waals surface area contributed by atoms with Crippen LogP contribution in [0.1, 0.15) is 17.2 Å². The first-order chi connectivity index (χ1) is 10.2. The maximum Gasteiger partial charge on any atom is 0.416 e. The Balaban J connectivity index is 2.44. The second-order valence-corrected chi connectivity index (χ2v) is 4.56. The van der Waals surface area contributed by atoms with Crippen LogP contribution in [0.3, 0.4) is 0 Å². The molecule has 1 atom stereocenters. The lowest BCUT2D eigenvalue weighted by Crippen LogP contribution is -2.10. The second kappa shape index (κ2) is 5.76. The van der Waals surface area contributed by atoms with Crippen LogP contribution < -0.4 is 0 Å². The Labute approximate surface area is 122 Å². The third-order valence-electron chi connectivity index (χ3n) is 3.06. The molecular formula is C15H10F4O3. The zero-order valence-corrected chi connectivity index (χ0v) is 10.9. The van der Waals surface area contributed by atoms with Crippen molar-refractivity contribution in [3.05, 3.63) is 59.4 Å². The molecule has 0 aliphatic rings. The molecule has 0 saturated carbocycles. The number of rotatable bonds is 3. The fourth-order valence-electron chi connectivity index (χ4n) is 1.92. The van der Waals surface area contributed by atoms with Gasteiger partial charge >= 0.3 is 12.1 Å². The van der Waals surface area contributed by atoms with Crippen molar-refractivity contribution in [2.45, 2.75) is 12.3 Å². The van der Waals surface area contributed by atoms with Crippen LogP contribution in [0.2, 0.25) is 0 Å². The molecule has 116 valence electrons. The summed E-state index contributed by atoms with van der Waals surface area (Å²) >= 11 is 0. The molecule has 2 rings (SSSR count). The number of alkyl halides is 3. The molecule has 22 heavy (non-hydrogen) atoms. The van der Waals surface area contributed by atoms with Crippen LogP contribution in [-0.2, 0) is 11.0 Å². The number of carboxylic acid groups (broad SMARTS) is 1. The van der Waals surface area contributed by atoms with Crippen LogP contribution in [-0.4, -0.2) is 16.2 Å². The molecule has 0 heterocycles. The van der Waals surface area contributed by atoms with Gasteiger partial charge in [-0.25, -0.2) is 9.18 Å². The van der Waals surface area contributed by atoms with E-state index in [1.54, 1.807) is 0 Å². The molecule has 1 unspecified atom stereocenters. The highest BCUT2D eigenvalue weighted by atomic mass is 19.4. The highest BCUT2D eigenvalue weighted by molar-refractivity contribution is 5.75. The topological polar surface area (TPSA) is 57.5 Å². The second-order valence-electron chi connectivity index (χ2n) is 4.56. The number of aliphatic hydroxyl groups is 1. The molecule has 0 aliphatic carbocycles. The fourth-order valence-corrected chi connectivity index (χ4v) is 1.92. The molecule has 0 aliphatic heterocycles. The monoisotopic (exact) mass is 314 g/mol. The van der Waals surface area contributed by atoms with Gasteiger partial charge in [0.1, 0.15) is 5.82 Å². The predicted octanol–water partition coefficient (Wildman–Crippen LogP) is 3.63. The van der Waals surface area contributed by atoms with Crippen LogP contribution in [0.15, 0.2) is 42.5 Å². The van der Waals surface area contributed by atoms with Crippen molar-refractivity contribution in [1.29, 1.82) is 0 Å². The lowest BCUT2D eigenvalue weighted by molar-refractivity contribution is -0.147. The van der Waals surface area contributed by atoms with E-state index in [1.807, 2.05) is 0 Å².